The molecule has 1 N–H and O–H groups in total. The molecule has 0 bridgehead atoms. The topological polar surface area (TPSA) is 80.1 Å². The molecule has 3 heterocycles. The van der Waals surface area contributed by atoms with Crippen LogP contribution in [0.25, 0.3) is 0 Å². The predicted octanol–water partition coefficient (Wildman–Crippen LogP) is 4.68. The monoisotopic (exact) mass is 487 g/mol. The van der Waals surface area contributed by atoms with E-state index in [9.17, 15) is 9.59 Å². The van der Waals surface area contributed by atoms with Crippen LogP contribution in [0.5, 0.6) is 0 Å². The molecular weight excluding hydrogens is 458 g/mol. The first-order valence-electron chi connectivity index (χ1n) is 11.7. The first-order valence-corrected chi connectivity index (χ1v) is 12.5. The maximum absolute atomic E-state index is 13.3. The summed E-state index contributed by atoms with van der Waals surface area (Å²) in [6.45, 7) is 6.13. The molecule has 0 aliphatic rings. The number of thiazole rings is 1. The third kappa shape index (κ3) is 6.22. The Labute approximate surface area is 209 Å². The molecule has 0 aliphatic heterocycles. The van der Waals surface area contributed by atoms with E-state index >= 15 is 0 Å². The summed E-state index contributed by atoms with van der Waals surface area (Å²) in [6.07, 6.45) is 4.56. The van der Waals surface area contributed by atoms with E-state index in [1.807, 2.05) is 72.6 Å². The van der Waals surface area contributed by atoms with Gasteiger partial charge in [0.2, 0.25) is 0 Å². The lowest BCUT2D eigenvalue weighted by molar-refractivity contribution is 0.0738. The fraction of sp³-hybridized carbons (Fsp3) is 0.259. The normalized spacial score (nSPS) is 10.8. The van der Waals surface area contributed by atoms with E-state index in [1.54, 1.807) is 11.6 Å². The first kappa shape index (κ1) is 24.3. The number of rotatable bonds is 10. The molecule has 0 saturated heterocycles. The number of aromatic nitrogens is 3. The molecule has 35 heavy (non-hydrogen) atoms. The van der Waals surface area contributed by atoms with Crippen molar-refractivity contribution in [3.8, 4) is 0 Å². The van der Waals surface area contributed by atoms with Crippen molar-refractivity contribution in [2.45, 2.75) is 39.9 Å². The van der Waals surface area contributed by atoms with Crippen molar-refractivity contribution < 1.29 is 9.59 Å². The van der Waals surface area contributed by atoms with Crippen molar-refractivity contribution in [1.29, 1.82) is 0 Å². The molecule has 1 aromatic carbocycles. The summed E-state index contributed by atoms with van der Waals surface area (Å²) < 4.78 is 2.09. The minimum absolute atomic E-state index is 0.0406. The van der Waals surface area contributed by atoms with Gasteiger partial charge in [-0.05, 0) is 49.2 Å². The standard InChI is InChI=1S/C27H29N5O2S/c1-3-14-32(27(34)23-12-5-4-9-20(23)2)17-22-11-8-15-31(22)18-25-30-24(19-35-25)26(33)29-16-21-10-6-7-13-28-21/h4-13,15,19H,3,14,16-18H2,1-2H3,(H,29,33). The fourth-order valence-corrected chi connectivity index (χ4v) is 4.62. The van der Waals surface area contributed by atoms with Crippen molar-refractivity contribution in [1.82, 2.24) is 24.8 Å². The number of nitrogens with one attached hydrogen (secondary N) is 1. The highest BCUT2D eigenvalue weighted by Crippen LogP contribution is 2.17. The highest BCUT2D eigenvalue weighted by atomic mass is 32.1. The van der Waals surface area contributed by atoms with E-state index in [0.717, 1.165) is 33.9 Å². The average molecular weight is 488 g/mol. The van der Waals surface area contributed by atoms with E-state index in [0.29, 0.717) is 31.9 Å². The number of hydrogen-bond acceptors (Lipinski definition) is 5. The van der Waals surface area contributed by atoms with Gasteiger partial charge in [0, 0.05) is 35.6 Å². The van der Waals surface area contributed by atoms with Crippen LogP contribution < -0.4 is 5.32 Å². The number of nitrogens with zero attached hydrogens (tertiary/aromatic N) is 4. The summed E-state index contributed by atoms with van der Waals surface area (Å²) in [5.74, 6) is -0.178. The van der Waals surface area contributed by atoms with E-state index in [1.165, 1.54) is 11.3 Å². The van der Waals surface area contributed by atoms with E-state index in [-0.39, 0.29) is 11.8 Å². The average Bonchev–Trinajstić information content (AvgIpc) is 3.53. The Morgan fingerprint density at radius 3 is 2.69 bits per heavy atom. The highest BCUT2D eigenvalue weighted by Gasteiger charge is 2.19. The van der Waals surface area contributed by atoms with Gasteiger partial charge in [-0.3, -0.25) is 14.6 Å². The van der Waals surface area contributed by atoms with E-state index in [2.05, 4.69) is 26.8 Å². The Hall–Kier alpha value is -3.78. The number of carbonyl (C=O) groups excluding carboxylic acids is 2. The summed E-state index contributed by atoms with van der Waals surface area (Å²) in [6, 6.07) is 17.3. The Balaban J connectivity index is 1.42. The number of hydrogen-bond donors (Lipinski definition) is 1. The molecule has 8 heteroatoms. The largest absolute Gasteiger partial charge is 0.345 e. The van der Waals surface area contributed by atoms with Gasteiger partial charge in [-0.1, -0.05) is 31.2 Å². The Kier molecular flexibility index (Phi) is 8.05. The van der Waals surface area contributed by atoms with Gasteiger partial charge < -0.3 is 14.8 Å². The Bertz CT molecular complexity index is 1280. The van der Waals surface area contributed by atoms with Crippen LogP contribution in [0.15, 0.2) is 72.4 Å². The van der Waals surface area contributed by atoms with E-state index in [4.69, 9.17) is 0 Å². The third-order valence-electron chi connectivity index (χ3n) is 5.68. The molecule has 0 radical (unpaired) electrons. The second kappa shape index (κ2) is 11.6. The number of benzene rings is 1. The van der Waals surface area contributed by atoms with Crippen LogP contribution in [-0.2, 0) is 19.6 Å². The number of carbonyl (C=O) groups is 2. The first-order chi connectivity index (χ1) is 17.0. The van der Waals surface area contributed by atoms with Crippen LogP contribution in [0.2, 0.25) is 0 Å². The van der Waals surface area contributed by atoms with Crippen molar-refractivity contribution in [2.75, 3.05) is 6.54 Å². The van der Waals surface area contributed by atoms with Crippen LogP contribution in [-0.4, -0.2) is 37.8 Å². The molecule has 4 rings (SSSR count). The highest BCUT2D eigenvalue weighted by molar-refractivity contribution is 7.09. The maximum Gasteiger partial charge on any atom is 0.271 e. The summed E-state index contributed by atoms with van der Waals surface area (Å²) >= 11 is 1.45. The number of pyridine rings is 1. The molecule has 2 amide bonds. The second-order valence-electron chi connectivity index (χ2n) is 8.30. The molecule has 0 atom stereocenters. The van der Waals surface area contributed by atoms with Gasteiger partial charge in [0.15, 0.2) is 0 Å². The molecule has 0 spiro atoms. The zero-order valence-electron chi connectivity index (χ0n) is 20.0. The Morgan fingerprint density at radius 2 is 1.91 bits per heavy atom. The minimum atomic E-state index is -0.219. The van der Waals surface area contributed by atoms with Crippen LogP contribution in [0.1, 0.15) is 56.1 Å². The van der Waals surface area contributed by atoms with Crippen LogP contribution >= 0.6 is 11.3 Å². The van der Waals surface area contributed by atoms with Gasteiger partial charge in [0.05, 0.1) is 25.3 Å². The smallest absolute Gasteiger partial charge is 0.271 e. The molecule has 3 aromatic heterocycles. The lowest BCUT2D eigenvalue weighted by Gasteiger charge is -2.24. The second-order valence-corrected chi connectivity index (χ2v) is 9.24. The molecule has 180 valence electrons. The fourth-order valence-electron chi connectivity index (χ4n) is 3.85. The molecule has 7 nitrogen and oxygen atoms in total. The van der Waals surface area contributed by atoms with Crippen molar-refractivity contribution in [2.24, 2.45) is 0 Å². The summed E-state index contributed by atoms with van der Waals surface area (Å²) in [5, 5.41) is 5.47. The van der Waals surface area contributed by atoms with Crippen LogP contribution in [0, 0.1) is 6.92 Å². The van der Waals surface area contributed by atoms with E-state index < -0.39 is 0 Å². The molecule has 0 unspecified atom stereocenters. The zero-order chi connectivity index (χ0) is 24.6. The third-order valence-corrected chi connectivity index (χ3v) is 6.51. The quantitative estimate of drug-likeness (QED) is 0.352. The summed E-state index contributed by atoms with van der Waals surface area (Å²) in [7, 11) is 0. The van der Waals surface area contributed by atoms with Gasteiger partial charge in [-0.2, -0.15) is 0 Å². The molecule has 0 fully saturated rings. The zero-order valence-corrected chi connectivity index (χ0v) is 20.8. The predicted molar refractivity (Wildman–Crippen MR) is 137 cm³/mol. The molecule has 4 aromatic rings. The maximum atomic E-state index is 13.3. The van der Waals surface area contributed by atoms with Crippen LogP contribution in [0.3, 0.4) is 0 Å². The molecule has 0 saturated carbocycles. The van der Waals surface area contributed by atoms with Gasteiger partial charge in [0.1, 0.15) is 10.7 Å². The summed E-state index contributed by atoms with van der Waals surface area (Å²) in [5.41, 5.74) is 3.94. The van der Waals surface area contributed by atoms with Crippen molar-refractivity contribution in [3.05, 3.63) is 106 Å². The summed E-state index contributed by atoms with van der Waals surface area (Å²) in [4.78, 5) is 36.4. The number of aryl methyl sites for hydroxylation is 1. The van der Waals surface area contributed by atoms with Crippen molar-refractivity contribution >= 4 is 23.2 Å². The Morgan fingerprint density at radius 1 is 1.09 bits per heavy atom. The van der Waals surface area contributed by atoms with Gasteiger partial charge in [0.25, 0.3) is 11.8 Å². The van der Waals surface area contributed by atoms with Crippen molar-refractivity contribution in [3.63, 3.8) is 0 Å². The lowest BCUT2D eigenvalue weighted by atomic mass is 10.1. The van der Waals surface area contributed by atoms with Gasteiger partial charge in [-0.25, -0.2) is 4.98 Å². The van der Waals surface area contributed by atoms with Gasteiger partial charge in [-0.15, -0.1) is 11.3 Å². The van der Waals surface area contributed by atoms with Gasteiger partial charge >= 0.3 is 0 Å². The number of amides is 2. The lowest BCUT2D eigenvalue weighted by Crippen LogP contribution is -2.32. The molecular formula is C27H29N5O2S. The molecule has 0 aliphatic carbocycles. The SMILES string of the molecule is CCCN(Cc1cccn1Cc1nc(C(=O)NCc2ccccn2)cs1)C(=O)c1ccccc1C. The van der Waals surface area contributed by atoms with Crippen LogP contribution in [0.4, 0.5) is 0 Å². The minimum Gasteiger partial charge on any atom is -0.345 e.